The van der Waals surface area contributed by atoms with E-state index >= 15 is 0 Å². The lowest BCUT2D eigenvalue weighted by Gasteiger charge is -2.13. The Hall–Kier alpha value is -2.98. The van der Waals surface area contributed by atoms with Crippen LogP contribution in [0.3, 0.4) is 0 Å². The van der Waals surface area contributed by atoms with E-state index in [9.17, 15) is 30.3 Å². The van der Waals surface area contributed by atoms with E-state index in [1.807, 2.05) is 0 Å². The third-order valence-electron chi connectivity index (χ3n) is 3.19. The summed E-state index contributed by atoms with van der Waals surface area (Å²) >= 11 is 11.9. The number of anilines is 2. The van der Waals surface area contributed by atoms with Gasteiger partial charge in [-0.25, -0.2) is 0 Å². The van der Waals surface area contributed by atoms with Gasteiger partial charge in [0.05, 0.1) is 36.6 Å². The molecular weight excluding hydrogens is 379 g/mol. The molecule has 10 nitrogen and oxygen atoms in total. The predicted octanol–water partition coefficient (Wildman–Crippen LogP) is 4.77. The number of nitrogens with zero attached hydrogens (tertiary/aromatic N) is 3. The molecule has 2 aromatic rings. The van der Waals surface area contributed by atoms with Crippen molar-refractivity contribution in [1.29, 1.82) is 0 Å². The van der Waals surface area contributed by atoms with Crippen molar-refractivity contribution in [3.63, 3.8) is 0 Å². The highest BCUT2D eigenvalue weighted by molar-refractivity contribution is 6.39. The number of hydrogen-bond donors (Lipinski definition) is 1. The lowest BCUT2D eigenvalue weighted by molar-refractivity contribution is -0.393. The highest BCUT2D eigenvalue weighted by atomic mass is 35.5. The average molecular weight is 387 g/mol. The van der Waals surface area contributed by atoms with Crippen LogP contribution in [0.1, 0.15) is 5.56 Å². The maximum Gasteiger partial charge on any atom is 0.299 e. The van der Waals surface area contributed by atoms with Gasteiger partial charge in [-0.05, 0) is 12.5 Å². The summed E-state index contributed by atoms with van der Waals surface area (Å²) < 4.78 is 0. The first-order chi connectivity index (χ1) is 11.6. The van der Waals surface area contributed by atoms with E-state index in [0.717, 1.165) is 24.3 Å². The van der Waals surface area contributed by atoms with Crippen molar-refractivity contribution in [3.8, 4) is 0 Å². The molecule has 0 aliphatic carbocycles. The van der Waals surface area contributed by atoms with Gasteiger partial charge in [0.2, 0.25) is 0 Å². The summed E-state index contributed by atoms with van der Waals surface area (Å²) in [5, 5.41) is 35.3. The number of nitrogens with one attached hydrogen (secondary N) is 1. The SMILES string of the molecule is Cc1cc([N+](=O)[O-])cc([N+](=O)[O-])c1Nc1c(Cl)cc([N+](=O)[O-])cc1Cl. The molecule has 0 fully saturated rings. The van der Waals surface area contributed by atoms with Crippen LogP contribution in [0, 0.1) is 37.3 Å². The molecule has 0 amide bonds. The van der Waals surface area contributed by atoms with Crippen LogP contribution in [0.25, 0.3) is 0 Å². The Kier molecular flexibility index (Phi) is 5.04. The van der Waals surface area contributed by atoms with E-state index in [-0.39, 0.29) is 32.7 Å². The van der Waals surface area contributed by atoms with Crippen molar-refractivity contribution < 1.29 is 14.8 Å². The maximum absolute atomic E-state index is 11.2. The van der Waals surface area contributed by atoms with E-state index in [4.69, 9.17) is 23.2 Å². The second-order valence-electron chi connectivity index (χ2n) is 4.84. The van der Waals surface area contributed by atoms with Crippen molar-refractivity contribution in [2.45, 2.75) is 6.92 Å². The predicted molar refractivity (Wildman–Crippen MR) is 90.9 cm³/mol. The van der Waals surface area contributed by atoms with Crippen molar-refractivity contribution in [2.75, 3.05) is 5.32 Å². The van der Waals surface area contributed by atoms with Crippen molar-refractivity contribution in [1.82, 2.24) is 0 Å². The topological polar surface area (TPSA) is 141 Å². The molecule has 0 saturated carbocycles. The Labute approximate surface area is 149 Å². The Balaban J connectivity index is 2.59. The monoisotopic (exact) mass is 386 g/mol. The number of hydrogen-bond acceptors (Lipinski definition) is 7. The minimum atomic E-state index is -0.796. The third-order valence-corrected chi connectivity index (χ3v) is 3.79. The van der Waals surface area contributed by atoms with Gasteiger partial charge in [0.15, 0.2) is 0 Å². The number of nitro benzene ring substituents is 3. The normalized spacial score (nSPS) is 10.4. The molecule has 0 bridgehead atoms. The van der Waals surface area contributed by atoms with E-state index in [0.29, 0.717) is 0 Å². The summed E-state index contributed by atoms with van der Waals surface area (Å²) in [6, 6.07) is 4.00. The first-order valence-corrected chi connectivity index (χ1v) is 7.21. The van der Waals surface area contributed by atoms with Crippen LogP contribution in [0.5, 0.6) is 0 Å². The van der Waals surface area contributed by atoms with Gasteiger partial charge < -0.3 is 5.32 Å². The van der Waals surface area contributed by atoms with Crippen molar-refractivity contribution in [2.24, 2.45) is 0 Å². The van der Waals surface area contributed by atoms with Crippen LogP contribution in [0.4, 0.5) is 28.4 Å². The van der Waals surface area contributed by atoms with Crippen LogP contribution in [0.2, 0.25) is 10.0 Å². The van der Waals surface area contributed by atoms with E-state index in [1.165, 1.54) is 6.92 Å². The number of benzene rings is 2. The van der Waals surface area contributed by atoms with Crippen molar-refractivity contribution >= 4 is 51.6 Å². The summed E-state index contributed by atoms with van der Waals surface area (Å²) in [6.45, 7) is 1.43. The average Bonchev–Trinajstić information content (AvgIpc) is 2.50. The number of nitro groups is 3. The lowest BCUT2D eigenvalue weighted by Crippen LogP contribution is -2.02. The second-order valence-corrected chi connectivity index (χ2v) is 5.65. The molecule has 0 heterocycles. The molecule has 12 heteroatoms. The molecule has 0 aliphatic heterocycles. The smallest absolute Gasteiger partial charge is 0.299 e. The zero-order valence-corrected chi connectivity index (χ0v) is 13.9. The van der Waals surface area contributed by atoms with Gasteiger partial charge >= 0.3 is 0 Å². The Morgan fingerprint density at radius 2 is 1.28 bits per heavy atom. The first kappa shape index (κ1) is 18.4. The zero-order valence-electron chi connectivity index (χ0n) is 12.4. The fraction of sp³-hybridized carbons (Fsp3) is 0.0769. The summed E-state index contributed by atoms with van der Waals surface area (Å²) in [5.41, 5.74) is -1.21. The van der Waals surface area contributed by atoms with Gasteiger partial charge in [-0.1, -0.05) is 23.2 Å². The molecular formula is C13H8Cl2N4O6. The third kappa shape index (κ3) is 3.75. The largest absolute Gasteiger partial charge is 0.347 e. The van der Waals surface area contributed by atoms with Gasteiger partial charge in [-0.2, -0.15) is 0 Å². The highest BCUT2D eigenvalue weighted by Gasteiger charge is 2.24. The van der Waals surface area contributed by atoms with Crippen LogP contribution in [0.15, 0.2) is 24.3 Å². The summed E-state index contributed by atoms with van der Waals surface area (Å²) in [4.78, 5) is 30.6. The van der Waals surface area contributed by atoms with Crippen LogP contribution in [-0.4, -0.2) is 14.8 Å². The molecule has 0 atom stereocenters. The fourth-order valence-electron chi connectivity index (χ4n) is 2.07. The molecule has 0 radical (unpaired) electrons. The number of non-ortho nitro benzene ring substituents is 2. The van der Waals surface area contributed by atoms with Crippen LogP contribution < -0.4 is 5.32 Å². The van der Waals surface area contributed by atoms with Gasteiger partial charge in [0, 0.05) is 18.2 Å². The Bertz CT molecular complexity index is 895. The first-order valence-electron chi connectivity index (χ1n) is 6.45. The second kappa shape index (κ2) is 6.87. The number of halogens is 2. The summed E-state index contributed by atoms with van der Waals surface area (Å²) in [6.07, 6.45) is 0. The zero-order chi connectivity index (χ0) is 18.9. The summed E-state index contributed by atoms with van der Waals surface area (Å²) in [7, 11) is 0. The lowest BCUT2D eigenvalue weighted by atomic mass is 10.1. The molecule has 25 heavy (non-hydrogen) atoms. The molecule has 2 rings (SSSR count). The van der Waals surface area contributed by atoms with Gasteiger partial charge in [-0.15, -0.1) is 0 Å². The summed E-state index contributed by atoms with van der Waals surface area (Å²) in [5.74, 6) is 0. The fourth-order valence-corrected chi connectivity index (χ4v) is 2.64. The molecule has 130 valence electrons. The highest BCUT2D eigenvalue weighted by Crippen LogP contribution is 2.41. The van der Waals surface area contributed by atoms with Gasteiger partial charge in [-0.3, -0.25) is 30.3 Å². The number of aryl methyl sites for hydroxylation is 1. The van der Waals surface area contributed by atoms with Crippen molar-refractivity contribution in [3.05, 3.63) is 70.2 Å². The standard InChI is InChI=1S/C13H8Cl2N4O6/c1-6-2-7(17(20)21)5-11(19(24)25)12(6)16-13-9(14)3-8(18(22)23)4-10(13)15/h2-5,16H,1H3. The molecule has 0 spiro atoms. The molecule has 0 unspecified atom stereocenters. The molecule has 0 aliphatic rings. The molecule has 0 saturated heterocycles. The van der Waals surface area contributed by atoms with E-state index in [2.05, 4.69) is 5.32 Å². The van der Waals surface area contributed by atoms with Crippen LogP contribution in [-0.2, 0) is 0 Å². The van der Waals surface area contributed by atoms with Crippen LogP contribution >= 0.6 is 23.2 Å². The van der Waals surface area contributed by atoms with E-state index < -0.39 is 26.1 Å². The Morgan fingerprint density at radius 3 is 1.72 bits per heavy atom. The molecule has 1 N–H and O–H groups in total. The minimum Gasteiger partial charge on any atom is -0.347 e. The molecule has 2 aromatic carbocycles. The van der Waals surface area contributed by atoms with E-state index in [1.54, 1.807) is 0 Å². The van der Waals surface area contributed by atoms with Gasteiger partial charge in [0.1, 0.15) is 5.69 Å². The maximum atomic E-state index is 11.2. The number of rotatable bonds is 5. The minimum absolute atomic E-state index is 0.00832. The Morgan fingerprint density at radius 1 is 0.800 bits per heavy atom. The van der Waals surface area contributed by atoms with Gasteiger partial charge in [0.25, 0.3) is 17.1 Å². The molecule has 0 aromatic heterocycles. The quantitative estimate of drug-likeness (QED) is 0.575.